The third-order valence-corrected chi connectivity index (χ3v) is 6.52. The molecule has 29 heavy (non-hydrogen) atoms. The van der Waals surface area contributed by atoms with Crippen molar-refractivity contribution in [3.63, 3.8) is 0 Å². The van der Waals surface area contributed by atoms with Crippen LogP contribution in [-0.4, -0.2) is 37.3 Å². The molecule has 0 aliphatic heterocycles. The van der Waals surface area contributed by atoms with Gasteiger partial charge in [0.15, 0.2) is 0 Å². The summed E-state index contributed by atoms with van der Waals surface area (Å²) in [5, 5.41) is 2.95. The van der Waals surface area contributed by atoms with Crippen molar-refractivity contribution in [1.29, 1.82) is 0 Å². The van der Waals surface area contributed by atoms with Gasteiger partial charge in [-0.3, -0.25) is 9.59 Å². The molecule has 0 radical (unpaired) electrons. The standard InChI is InChI=1S/C21H23N3O4S/c1-4-24-14-18(21(26)22-13-15-8-6-5-7-9-15)20(25)17-12-16(10-11-19(17)24)29(27,28)23(2)3/h5-12,14H,4,13H2,1-3H3,(H,22,26). The number of aryl methyl sites for hydroxylation is 1. The van der Waals surface area contributed by atoms with Crippen LogP contribution >= 0.6 is 0 Å². The summed E-state index contributed by atoms with van der Waals surface area (Å²) in [5.74, 6) is -0.496. The van der Waals surface area contributed by atoms with E-state index in [1.54, 1.807) is 10.6 Å². The number of hydrogen-bond acceptors (Lipinski definition) is 4. The third kappa shape index (κ3) is 4.08. The summed E-state index contributed by atoms with van der Waals surface area (Å²) in [7, 11) is -0.844. The first kappa shape index (κ1) is 20.8. The van der Waals surface area contributed by atoms with Crippen LogP contribution in [-0.2, 0) is 23.1 Å². The lowest BCUT2D eigenvalue weighted by atomic mass is 10.1. The SMILES string of the molecule is CCn1cc(C(=O)NCc2ccccc2)c(=O)c2cc(S(=O)(=O)N(C)C)ccc21. The van der Waals surface area contributed by atoms with Crippen LogP contribution in [0.2, 0.25) is 0 Å². The van der Waals surface area contributed by atoms with Gasteiger partial charge in [0.2, 0.25) is 15.5 Å². The van der Waals surface area contributed by atoms with Crippen LogP contribution in [0.4, 0.5) is 0 Å². The highest BCUT2D eigenvalue weighted by Gasteiger charge is 2.20. The lowest BCUT2D eigenvalue weighted by molar-refractivity contribution is 0.0949. The van der Waals surface area contributed by atoms with Crippen LogP contribution < -0.4 is 10.7 Å². The van der Waals surface area contributed by atoms with Gasteiger partial charge in [0.05, 0.1) is 10.4 Å². The number of benzene rings is 2. The first-order valence-electron chi connectivity index (χ1n) is 9.17. The average molecular weight is 413 g/mol. The van der Waals surface area contributed by atoms with Crippen molar-refractivity contribution >= 4 is 26.8 Å². The zero-order valence-corrected chi connectivity index (χ0v) is 17.4. The molecule has 3 aromatic rings. The predicted molar refractivity (Wildman–Crippen MR) is 112 cm³/mol. The molecule has 0 saturated heterocycles. The summed E-state index contributed by atoms with van der Waals surface area (Å²) in [6.45, 7) is 2.70. The molecule has 0 aliphatic rings. The Kier molecular flexibility index (Phi) is 5.86. The van der Waals surface area contributed by atoms with E-state index in [0.29, 0.717) is 18.6 Å². The molecule has 8 heteroatoms. The molecule has 152 valence electrons. The zero-order valence-electron chi connectivity index (χ0n) is 16.5. The Morgan fingerprint density at radius 2 is 1.79 bits per heavy atom. The molecule has 1 aromatic heterocycles. The Balaban J connectivity index is 2.07. The van der Waals surface area contributed by atoms with E-state index in [1.165, 1.54) is 32.4 Å². The van der Waals surface area contributed by atoms with Crippen LogP contribution in [0.3, 0.4) is 0 Å². The van der Waals surface area contributed by atoms with Gasteiger partial charge in [-0.1, -0.05) is 30.3 Å². The van der Waals surface area contributed by atoms with Gasteiger partial charge in [0.25, 0.3) is 5.91 Å². The molecule has 0 unspecified atom stereocenters. The largest absolute Gasteiger partial charge is 0.348 e. The van der Waals surface area contributed by atoms with Crippen LogP contribution in [0.5, 0.6) is 0 Å². The highest BCUT2D eigenvalue weighted by Crippen LogP contribution is 2.20. The first-order chi connectivity index (χ1) is 13.8. The lowest BCUT2D eigenvalue weighted by Crippen LogP contribution is -2.29. The van der Waals surface area contributed by atoms with E-state index in [0.717, 1.165) is 9.87 Å². The fraction of sp³-hybridized carbons (Fsp3) is 0.238. The normalized spacial score (nSPS) is 11.7. The third-order valence-electron chi connectivity index (χ3n) is 4.71. The van der Waals surface area contributed by atoms with Crippen LogP contribution in [0.1, 0.15) is 22.8 Å². The van der Waals surface area contributed by atoms with Gasteiger partial charge >= 0.3 is 0 Å². The van der Waals surface area contributed by atoms with Crippen LogP contribution in [0.25, 0.3) is 10.9 Å². The van der Waals surface area contributed by atoms with Gasteiger partial charge in [0, 0.05) is 38.8 Å². The molecule has 1 N–H and O–H groups in total. The smallest absolute Gasteiger partial charge is 0.257 e. The molecular formula is C21H23N3O4S. The minimum atomic E-state index is -3.70. The van der Waals surface area contributed by atoms with Crippen LogP contribution in [0, 0.1) is 0 Å². The number of amides is 1. The lowest BCUT2D eigenvalue weighted by Gasteiger charge is -2.15. The summed E-state index contributed by atoms with van der Waals surface area (Å²) < 4.78 is 27.8. The number of rotatable bonds is 6. The van der Waals surface area contributed by atoms with Gasteiger partial charge in [-0.05, 0) is 30.7 Å². The maximum absolute atomic E-state index is 13.0. The van der Waals surface area contributed by atoms with Crippen molar-refractivity contribution in [3.05, 3.63) is 76.1 Å². The van der Waals surface area contributed by atoms with E-state index in [-0.39, 0.29) is 15.8 Å². The summed E-state index contributed by atoms with van der Waals surface area (Å²) in [6.07, 6.45) is 1.52. The fourth-order valence-electron chi connectivity index (χ4n) is 3.04. The van der Waals surface area contributed by atoms with E-state index in [1.807, 2.05) is 37.3 Å². The summed E-state index contributed by atoms with van der Waals surface area (Å²) in [4.78, 5) is 25.7. The average Bonchev–Trinajstić information content (AvgIpc) is 2.72. The molecule has 0 spiro atoms. The van der Waals surface area contributed by atoms with Gasteiger partial charge in [-0.15, -0.1) is 0 Å². The quantitative estimate of drug-likeness (QED) is 0.671. The summed E-state index contributed by atoms with van der Waals surface area (Å²) >= 11 is 0. The second-order valence-corrected chi connectivity index (χ2v) is 8.94. The van der Waals surface area contributed by atoms with Gasteiger partial charge in [0.1, 0.15) is 5.56 Å². The fourth-order valence-corrected chi connectivity index (χ4v) is 3.97. The summed E-state index contributed by atoms with van der Waals surface area (Å²) in [5.41, 5.74) is 0.979. The maximum atomic E-state index is 13.0. The highest BCUT2D eigenvalue weighted by atomic mass is 32.2. The van der Waals surface area contributed by atoms with Crippen molar-refractivity contribution in [2.45, 2.75) is 24.9 Å². The highest BCUT2D eigenvalue weighted by molar-refractivity contribution is 7.89. The van der Waals surface area contributed by atoms with E-state index >= 15 is 0 Å². The Bertz CT molecular complexity index is 1220. The minimum Gasteiger partial charge on any atom is -0.348 e. The second kappa shape index (κ2) is 8.18. The number of nitrogens with zero attached hydrogens (tertiary/aromatic N) is 2. The first-order valence-corrected chi connectivity index (χ1v) is 10.6. The molecule has 0 bridgehead atoms. The molecule has 7 nitrogen and oxygen atoms in total. The van der Waals surface area contributed by atoms with Crippen molar-refractivity contribution < 1.29 is 13.2 Å². The molecule has 1 amide bonds. The monoisotopic (exact) mass is 413 g/mol. The molecule has 0 fully saturated rings. The van der Waals surface area contributed by atoms with Crippen molar-refractivity contribution in [2.75, 3.05) is 14.1 Å². The Labute approximate surface area is 169 Å². The van der Waals surface area contributed by atoms with E-state index in [4.69, 9.17) is 0 Å². The summed E-state index contributed by atoms with van der Waals surface area (Å²) in [6, 6.07) is 13.8. The molecule has 2 aromatic carbocycles. The number of sulfonamides is 1. The second-order valence-electron chi connectivity index (χ2n) is 6.79. The van der Waals surface area contributed by atoms with Crippen molar-refractivity contribution in [2.24, 2.45) is 0 Å². The van der Waals surface area contributed by atoms with E-state index < -0.39 is 21.4 Å². The molecular weight excluding hydrogens is 390 g/mol. The Hall–Kier alpha value is -2.97. The Morgan fingerprint density at radius 3 is 2.41 bits per heavy atom. The predicted octanol–water partition coefficient (Wildman–Crippen LogP) is 2.20. The number of fused-ring (bicyclic) bond motifs is 1. The van der Waals surface area contributed by atoms with Gasteiger partial charge in [-0.25, -0.2) is 12.7 Å². The number of carbonyl (C=O) groups excluding carboxylic acids is 1. The van der Waals surface area contributed by atoms with Gasteiger partial charge < -0.3 is 9.88 Å². The number of aromatic nitrogens is 1. The molecule has 1 heterocycles. The molecule has 0 atom stereocenters. The minimum absolute atomic E-state index is 0.0107. The molecule has 3 rings (SSSR count). The van der Waals surface area contributed by atoms with E-state index in [9.17, 15) is 18.0 Å². The Morgan fingerprint density at radius 1 is 1.10 bits per heavy atom. The van der Waals surface area contributed by atoms with Crippen LogP contribution in [0.15, 0.2) is 64.4 Å². The van der Waals surface area contributed by atoms with Gasteiger partial charge in [-0.2, -0.15) is 0 Å². The number of hydrogen-bond donors (Lipinski definition) is 1. The maximum Gasteiger partial charge on any atom is 0.257 e. The topological polar surface area (TPSA) is 88.5 Å². The number of nitrogens with one attached hydrogen (secondary N) is 1. The molecule has 0 saturated carbocycles. The van der Waals surface area contributed by atoms with Crippen molar-refractivity contribution in [3.8, 4) is 0 Å². The molecule has 0 aliphatic carbocycles. The number of pyridine rings is 1. The van der Waals surface area contributed by atoms with E-state index in [2.05, 4.69) is 5.32 Å². The van der Waals surface area contributed by atoms with Crippen molar-refractivity contribution in [1.82, 2.24) is 14.2 Å². The zero-order chi connectivity index (χ0) is 21.2. The number of carbonyl (C=O) groups is 1.